The Morgan fingerprint density at radius 3 is 2.79 bits per heavy atom. The second-order valence-electron chi connectivity index (χ2n) is 7.36. The highest BCUT2D eigenvalue weighted by molar-refractivity contribution is 8.00. The van der Waals surface area contributed by atoms with Gasteiger partial charge in [-0.05, 0) is 50.3 Å². The van der Waals surface area contributed by atoms with Gasteiger partial charge in [0.1, 0.15) is 6.54 Å². The summed E-state index contributed by atoms with van der Waals surface area (Å²) < 4.78 is 0. The van der Waals surface area contributed by atoms with Gasteiger partial charge in [-0.2, -0.15) is 0 Å². The van der Waals surface area contributed by atoms with Crippen molar-refractivity contribution in [3.8, 4) is 0 Å². The van der Waals surface area contributed by atoms with E-state index in [0.717, 1.165) is 24.2 Å². The molecule has 1 aromatic carbocycles. The molecule has 3 rings (SSSR count). The predicted molar refractivity (Wildman–Crippen MR) is 112 cm³/mol. The second kappa shape index (κ2) is 9.28. The van der Waals surface area contributed by atoms with Crippen molar-refractivity contribution in [2.75, 3.05) is 37.8 Å². The quantitative estimate of drug-likeness (QED) is 0.744. The predicted octanol–water partition coefficient (Wildman–Crippen LogP) is 2.83. The van der Waals surface area contributed by atoms with Gasteiger partial charge in [0, 0.05) is 31.1 Å². The van der Waals surface area contributed by atoms with Gasteiger partial charge in [0.15, 0.2) is 0 Å². The molecular weight excluding hydrogens is 374 g/mol. The lowest BCUT2D eigenvalue weighted by Gasteiger charge is -2.29. The van der Waals surface area contributed by atoms with Gasteiger partial charge >= 0.3 is 0 Å². The van der Waals surface area contributed by atoms with E-state index in [1.165, 1.54) is 40.0 Å². The van der Waals surface area contributed by atoms with Gasteiger partial charge < -0.3 is 15.1 Å². The maximum Gasteiger partial charge on any atom is 0.253 e. The molecule has 2 aliphatic rings. The molecule has 0 spiro atoms. The van der Waals surface area contributed by atoms with Gasteiger partial charge in [-0.25, -0.2) is 0 Å². The molecule has 7 heteroatoms. The number of fused-ring (bicyclic) bond motifs is 1. The lowest BCUT2D eigenvalue weighted by atomic mass is 9.97. The molecule has 1 aliphatic heterocycles. The first-order valence-electron chi connectivity index (χ1n) is 9.69. The minimum Gasteiger partial charge on any atom is -0.354 e. The summed E-state index contributed by atoms with van der Waals surface area (Å²) in [5, 5.41) is 2.93. The summed E-state index contributed by atoms with van der Waals surface area (Å²) in [6.07, 6.45) is 7.88. The first kappa shape index (κ1) is 20.5. The third-order valence-corrected chi connectivity index (χ3v) is 6.06. The molecule has 0 saturated heterocycles. The van der Waals surface area contributed by atoms with E-state index in [-0.39, 0.29) is 24.3 Å². The highest BCUT2D eigenvalue weighted by atomic mass is 32.2. The molecule has 0 radical (unpaired) electrons. The number of thioether (sulfide) groups is 1. The Kier molecular flexibility index (Phi) is 6.78. The highest BCUT2D eigenvalue weighted by Crippen LogP contribution is 2.36. The Bertz CT molecular complexity index is 804. The highest BCUT2D eigenvalue weighted by Gasteiger charge is 2.27. The number of nitrogens with zero attached hydrogens (tertiary/aromatic N) is 2. The van der Waals surface area contributed by atoms with Crippen molar-refractivity contribution < 1.29 is 14.4 Å². The maximum atomic E-state index is 12.4. The van der Waals surface area contributed by atoms with E-state index >= 15 is 0 Å². The number of anilines is 1. The van der Waals surface area contributed by atoms with Gasteiger partial charge in [-0.15, -0.1) is 11.8 Å². The fourth-order valence-corrected chi connectivity index (χ4v) is 4.38. The van der Waals surface area contributed by atoms with Crippen LogP contribution in [0.5, 0.6) is 0 Å². The average Bonchev–Trinajstić information content (AvgIpc) is 2.70. The summed E-state index contributed by atoms with van der Waals surface area (Å²) in [5.74, 6) is -0.117. The molecule has 0 atom stereocenters. The number of nitrogens with one attached hydrogen (secondary N) is 1. The molecule has 1 heterocycles. The Hall–Kier alpha value is -2.28. The number of carbonyl (C=O) groups excluding carboxylic acids is 3. The van der Waals surface area contributed by atoms with Crippen molar-refractivity contribution in [2.24, 2.45) is 0 Å². The molecule has 0 unspecified atom stereocenters. The minimum atomic E-state index is -0.174. The molecule has 6 nitrogen and oxygen atoms in total. The van der Waals surface area contributed by atoms with Crippen LogP contribution in [0, 0.1) is 0 Å². The van der Waals surface area contributed by atoms with Crippen molar-refractivity contribution in [1.82, 2.24) is 10.2 Å². The molecule has 0 saturated carbocycles. The maximum absolute atomic E-state index is 12.4. The molecule has 28 heavy (non-hydrogen) atoms. The summed E-state index contributed by atoms with van der Waals surface area (Å²) in [5.41, 5.74) is 2.56. The number of hydrogen-bond donors (Lipinski definition) is 1. The Morgan fingerprint density at radius 2 is 2.07 bits per heavy atom. The third-order valence-electron chi connectivity index (χ3n) is 5.01. The van der Waals surface area contributed by atoms with E-state index in [2.05, 4.69) is 11.4 Å². The van der Waals surface area contributed by atoms with E-state index in [1.807, 2.05) is 6.07 Å². The van der Waals surface area contributed by atoms with Gasteiger partial charge in [-0.3, -0.25) is 14.4 Å². The van der Waals surface area contributed by atoms with Gasteiger partial charge in [0.25, 0.3) is 5.91 Å². The molecule has 0 aromatic heterocycles. The van der Waals surface area contributed by atoms with Crippen molar-refractivity contribution in [3.63, 3.8) is 0 Å². The second-order valence-corrected chi connectivity index (χ2v) is 8.38. The summed E-state index contributed by atoms with van der Waals surface area (Å²) >= 11 is 1.44. The largest absolute Gasteiger partial charge is 0.354 e. The van der Waals surface area contributed by atoms with Crippen molar-refractivity contribution in [1.29, 1.82) is 0 Å². The monoisotopic (exact) mass is 401 g/mol. The zero-order valence-corrected chi connectivity index (χ0v) is 17.3. The number of benzene rings is 1. The van der Waals surface area contributed by atoms with E-state index in [1.54, 1.807) is 26.2 Å². The first-order valence-corrected chi connectivity index (χ1v) is 10.7. The number of allylic oxidation sites excluding steroid dienone is 1. The van der Waals surface area contributed by atoms with Crippen molar-refractivity contribution in [2.45, 2.75) is 37.0 Å². The van der Waals surface area contributed by atoms with Gasteiger partial charge in [-0.1, -0.05) is 11.6 Å². The standard InChI is InChI=1S/C21H27N3O3S/c1-23(2)21(27)16-8-9-18-17(12-16)24(20(26)14-28-18)13-19(25)22-11-10-15-6-4-3-5-7-15/h6,8-9,12H,3-5,7,10-11,13-14H2,1-2H3,(H,22,25). The van der Waals surface area contributed by atoms with Crippen molar-refractivity contribution >= 4 is 35.2 Å². The molecule has 1 aromatic rings. The molecule has 150 valence electrons. The van der Waals surface area contributed by atoms with E-state index in [4.69, 9.17) is 0 Å². The van der Waals surface area contributed by atoms with E-state index in [0.29, 0.717) is 23.5 Å². The average molecular weight is 402 g/mol. The van der Waals surface area contributed by atoms with Crippen LogP contribution in [0.4, 0.5) is 5.69 Å². The Labute approximate surface area is 170 Å². The summed E-state index contributed by atoms with van der Waals surface area (Å²) in [4.78, 5) is 41.0. The number of hydrogen-bond acceptors (Lipinski definition) is 4. The molecule has 3 amide bonds. The normalized spacial score (nSPS) is 16.3. The molecule has 0 fully saturated rings. The summed E-state index contributed by atoms with van der Waals surface area (Å²) in [6, 6.07) is 5.32. The minimum absolute atomic E-state index is 0.0228. The third kappa shape index (κ3) is 4.95. The van der Waals surface area contributed by atoms with Crippen LogP contribution in [0.15, 0.2) is 34.7 Å². The van der Waals surface area contributed by atoms with Crippen LogP contribution in [0.1, 0.15) is 42.5 Å². The molecular formula is C21H27N3O3S. The van der Waals surface area contributed by atoms with Crippen LogP contribution < -0.4 is 10.2 Å². The summed E-state index contributed by atoms with van der Waals surface area (Å²) in [6.45, 7) is 0.568. The van der Waals surface area contributed by atoms with E-state index in [9.17, 15) is 14.4 Å². The Balaban J connectivity index is 1.65. The fourth-order valence-electron chi connectivity index (χ4n) is 3.46. The fraction of sp³-hybridized carbons (Fsp3) is 0.476. The number of carbonyl (C=O) groups is 3. The van der Waals surface area contributed by atoms with Crippen LogP contribution >= 0.6 is 11.8 Å². The van der Waals surface area contributed by atoms with Crippen LogP contribution in [0.3, 0.4) is 0 Å². The lowest BCUT2D eigenvalue weighted by Crippen LogP contribution is -2.43. The molecule has 1 N–H and O–H groups in total. The van der Waals surface area contributed by atoms with Crippen LogP contribution in [0.25, 0.3) is 0 Å². The first-order chi connectivity index (χ1) is 13.5. The Morgan fingerprint density at radius 1 is 1.25 bits per heavy atom. The number of amides is 3. The SMILES string of the molecule is CN(C)C(=O)c1ccc2c(c1)N(CC(=O)NCCC1=CCCCC1)C(=O)CS2. The van der Waals surface area contributed by atoms with Crippen LogP contribution in [0.2, 0.25) is 0 Å². The van der Waals surface area contributed by atoms with Crippen LogP contribution in [-0.4, -0.2) is 55.6 Å². The van der Waals surface area contributed by atoms with Gasteiger partial charge in [0.2, 0.25) is 11.8 Å². The number of rotatable bonds is 6. The topological polar surface area (TPSA) is 69.7 Å². The zero-order chi connectivity index (χ0) is 20.1. The summed E-state index contributed by atoms with van der Waals surface area (Å²) in [7, 11) is 3.38. The van der Waals surface area contributed by atoms with Gasteiger partial charge in [0.05, 0.1) is 11.4 Å². The smallest absolute Gasteiger partial charge is 0.253 e. The zero-order valence-electron chi connectivity index (χ0n) is 16.5. The lowest BCUT2D eigenvalue weighted by molar-refractivity contribution is -0.122. The van der Waals surface area contributed by atoms with E-state index < -0.39 is 0 Å². The molecule has 1 aliphatic carbocycles. The molecule has 0 bridgehead atoms. The van der Waals surface area contributed by atoms with Crippen LogP contribution in [-0.2, 0) is 9.59 Å². The van der Waals surface area contributed by atoms with Crippen molar-refractivity contribution in [3.05, 3.63) is 35.4 Å².